The van der Waals surface area contributed by atoms with Crippen molar-refractivity contribution >= 4 is 111 Å². The first-order valence-electron chi connectivity index (χ1n) is 30.6. The molecule has 7 aromatic carbocycles. The molecule has 3 aliphatic rings. The van der Waals surface area contributed by atoms with Crippen LogP contribution in [0.25, 0.3) is 32.7 Å². The number of benzene rings is 7. The molecule has 10 rings (SSSR count). The number of hydrogen-bond donors (Lipinski definition) is 5. The molecule has 7 aromatic rings. The quantitative estimate of drug-likeness (QED) is 0.0175. The topological polar surface area (TPSA) is 246 Å². The van der Waals surface area contributed by atoms with Crippen LogP contribution >= 0.6 is 31.0 Å². The SMILES string of the molecule is CCCCOP(=O)(OCCCC)Oc1cc2c(c3ccccc13)[C@H](CCl)CN2C(=O)CCCC(=O)N1C[C@@H](CCl)c2c1cc(NC(=O)OCc1ccc(NC(=O)[C@H](CCCNC(N)=O)NC(=O)OCC3c4ccccc4-c4ccccc43)cc1)c1ccccc21. The molecule has 90 heavy (non-hydrogen) atoms. The van der Waals surface area contributed by atoms with Crippen molar-refractivity contribution in [2.24, 2.45) is 5.73 Å². The van der Waals surface area contributed by atoms with Crippen molar-refractivity contribution in [2.75, 3.05) is 71.6 Å². The first-order valence-corrected chi connectivity index (χ1v) is 33.1. The minimum atomic E-state index is -4.07. The van der Waals surface area contributed by atoms with E-state index in [1.165, 1.54) is 0 Å². The first kappa shape index (κ1) is 64.8. The second-order valence-corrected chi connectivity index (χ2v) is 24.8. The van der Waals surface area contributed by atoms with Gasteiger partial charge < -0.3 is 45.5 Å². The van der Waals surface area contributed by atoms with Crippen molar-refractivity contribution in [3.8, 4) is 16.9 Å². The molecule has 0 unspecified atom stereocenters. The largest absolute Gasteiger partial charge is 0.530 e. The average Bonchev–Trinajstić information content (AvgIpc) is 1.58. The first-order chi connectivity index (χ1) is 43.7. The molecule has 6 N–H and O–H groups in total. The summed E-state index contributed by atoms with van der Waals surface area (Å²) < 4.78 is 43.4. The van der Waals surface area contributed by atoms with Crippen LogP contribution in [-0.4, -0.2) is 93.2 Å². The van der Waals surface area contributed by atoms with E-state index >= 15 is 0 Å². The van der Waals surface area contributed by atoms with Gasteiger partial charge in [0.1, 0.15) is 25.0 Å². The molecule has 0 saturated heterocycles. The monoisotopic (exact) mass is 1280 g/mol. The molecule has 2 heterocycles. The number of phosphoric ester groups is 1. The van der Waals surface area contributed by atoms with Crippen LogP contribution < -0.4 is 41.3 Å². The van der Waals surface area contributed by atoms with E-state index in [1.807, 2.05) is 111 Å². The molecule has 7 amide bonds. The van der Waals surface area contributed by atoms with E-state index in [4.69, 9.17) is 52.0 Å². The van der Waals surface area contributed by atoms with Gasteiger partial charge in [-0.2, -0.15) is 0 Å². The molecule has 0 fully saturated rings. The number of amides is 7. The summed E-state index contributed by atoms with van der Waals surface area (Å²) in [5, 5.41) is 14.0. The summed E-state index contributed by atoms with van der Waals surface area (Å²) in [6, 6.07) is 39.4. The number of alkyl halides is 2. The van der Waals surface area contributed by atoms with Crippen molar-refractivity contribution in [1.82, 2.24) is 10.6 Å². The number of rotatable bonds is 28. The maximum Gasteiger partial charge on any atom is 0.530 e. The third-order valence-electron chi connectivity index (χ3n) is 16.5. The Balaban J connectivity index is 0.763. The van der Waals surface area contributed by atoms with E-state index in [0.29, 0.717) is 66.1 Å². The third kappa shape index (κ3) is 15.0. The molecule has 0 radical (unpaired) electrons. The fourth-order valence-corrected chi connectivity index (χ4v) is 13.8. The fourth-order valence-electron chi connectivity index (χ4n) is 12.1. The van der Waals surface area contributed by atoms with Gasteiger partial charge in [-0.1, -0.05) is 136 Å². The highest BCUT2D eigenvalue weighted by molar-refractivity contribution is 7.49. The minimum absolute atomic E-state index is 0.0360. The molecular weight excluding hydrogens is 1210 g/mol. The predicted octanol–water partition coefficient (Wildman–Crippen LogP) is 14.4. The number of unbranched alkanes of at least 4 members (excludes halogenated alkanes) is 2. The predicted molar refractivity (Wildman–Crippen MR) is 351 cm³/mol. The van der Waals surface area contributed by atoms with Crippen molar-refractivity contribution in [3.63, 3.8) is 0 Å². The Morgan fingerprint density at radius 2 is 1.18 bits per heavy atom. The number of alkyl carbamates (subject to hydrolysis) is 1. The molecule has 472 valence electrons. The number of urea groups is 1. The van der Waals surface area contributed by atoms with Crippen molar-refractivity contribution in [2.45, 2.75) is 102 Å². The molecule has 2 aliphatic heterocycles. The van der Waals surface area contributed by atoms with E-state index in [0.717, 1.165) is 62.4 Å². The molecule has 3 atom stereocenters. The average molecular weight is 1280 g/mol. The van der Waals surface area contributed by atoms with Crippen LogP contribution in [0.2, 0.25) is 0 Å². The second-order valence-electron chi connectivity index (χ2n) is 22.6. The Labute approximate surface area is 533 Å². The minimum Gasteiger partial charge on any atom is -0.449 e. The summed E-state index contributed by atoms with van der Waals surface area (Å²) in [5.41, 5.74) is 13.9. The normalized spacial score (nSPS) is 15.2. The number of nitrogens with zero attached hydrogens (tertiary/aromatic N) is 2. The van der Waals surface area contributed by atoms with Gasteiger partial charge >= 0.3 is 26.0 Å². The van der Waals surface area contributed by atoms with Crippen LogP contribution in [0.15, 0.2) is 133 Å². The Kier molecular flexibility index (Phi) is 21.7. The summed E-state index contributed by atoms with van der Waals surface area (Å²) in [6.07, 6.45) is 2.23. The number of anilines is 4. The van der Waals surface area contributed by atoms with Gasteiger partial charge in [0.15, 0.2) is 0 Å². The molecule has 22 heteroatoms. The molecule has 0 saturated carbocycles. The summed E-state index contributed by atoms with van der Waals surface area (Å²) >= 11 is 13.2. The maximum atomic E-state index is 14.4. The van der Waals surface area contributed by atoms with Crippen LogP contribution in [-0.2, 0) is 44.1 Å². The van der Waals surface area contributed by atoms with Crippen molar-refractivity contribution < 1.29 is 56.4 Å². The number of hydrogen-bond acceptors (Lipinski definition) is 12. The number of nitrogens with two attached hydrogens (primary N) is 1. The van der Waals surface area contributed by atoms with Gasteiger partial charge in [0.2, 0.25) is 17.7 Å². The lowest BCUT2D eigenvalue weighted by Crippen LogP contribution is -2.44. The van der Waals surface area contributed by atoms with E-state index in [1.54, 1.807) is 46.2 Å². The van der Waals surface area contributed by atoms with Gasteiger partial charge in [0.25, 0.3) is 0 Å². The highest BCUT2D eigenvalue weighted by Gasteiger charge is 2.39. The Bertz CT molecular complexity index is 3780. The number of ether oxygens (including phenoxy) is 2. The van der Waals surface area contributed by atoms with Crippen LogP contribution in [0.4, 0.5) is 37.1 Å². The highest BCUT2D eigenvalue weighted by atomic mass is 35.5. The molecule has 19 nitrogen and oxygen atoms in total. The lowest BCUT2D eigenvalue weighted by atomic mass is 9.95. The van der Waals surface area contributed by atoms with Crippen molar-refractivity contribution in [1.29, 1.82) is 0 Å². The zero-order valence-electron chi connectivity index (χ0n) is 50.3. The van der Waals surface area contributed by atoms with Crippen LogP contribution in [0.1, 0.15) is 117 Å². The van der Waals surface area contributed by atoms with E-state index in [-0.39, 0.29) is 106 Å². The summed E-state index contributed by atoms with van der Waals surface area (Å²) in [4.78, 5) is 84.2. The summed E-state index contributed by atoms with van der Waals surface area (Å²) in [5.74, 6) is -0.822. The van der Waals surface area contributed by atoms with Gasteiger partial charge in [-0.15, -0.1) is 23.2 Å². The van der Waals surface area contributed by atoms with Gasteiger partial charge in [-0.05, 0) is 100 Å². The van der Waals surface area contributed by atoms with E-state index in [2.05, 4.69) is 21.3 Å². The van der Waals surface area contributed by atoms with Gasteiger partial charge in [0, 0.05) is 90.2 Å². The number of fused-ring (bicyclic) bond motifs is 9. The Hall–Kier alpha value is -8.19. The maximum absolute atomic E-state index is 14.4. The molecule has 1 aliphatic carbocycles. The standard InChI is InChI=1S/C68H74Cl2N7O12P/c1-3-5-33-87-90(84,88-34-6-4-2)89-60-36-59-64(54-24-14-12-22-52(54)60)45(38-70)40-77(59)62(79)27-15-26-61(78)76-39-44(37-69)63-53-23-13-11-21-51(53)57(35-58(63)76)75-68(83)85-41-43-28-30-46(31-29-43)73-65(80)56(25-16-32-72-66(71)81)74-67(82)86-42-55-49-19-9-7-17-47(49)48-18-8-10-20-50(48)55/h7-14,17-24,28-31,35-36,44-45,55-56H,3-6,15-16,25-27,32-34,37-42H2,1-2H3,(H,73,80)(H,74,82)(H,75,83)(H3,71,72,81)/t44-,45-,56+/m1/s1. The lowest BCUT2D eigenvalue weighted by molar-refractivity contribution is -0.120. The lowest BCUT2D eigenvalue weighted by Gasteiger charge is -2.23. The third-order valence-corrected chi connectivity index (χ3v) is 18.7. The smallest absolute Gasteiger partial charge is 0.449 e. The molecule has 0 aromatic heterocycles. The fraction of sp³-hybridized carbons (Fsp3) is 0.353. The number of carbonyl (C=O) groups is 6. The summed E-state index contributed by atoms with van der Waals surface area (Å²) in [6.45, 7) is 5.09. The van der Waals surface area contributed by atoms with E-state index in [9.17, 15) is 33.3 Å². The number of phosphoric acid groups is 1. The zero-order chi connectivity index (χ0) is 63.3. The van der Waals surface area contributed by atoms with Crippen LogP contribution in [0, 0.1) is 0 Å². The van der Waals surface area contributed by atoms with Gasteiger partial charge in [-0.25, -0.2) is 18.9 Å². The van der Waals surface area contributed by atoms with Crippen LogP contribution in [0.3, 0.4) is 0 Å². The van der Waals surface area contributed by atoms with Gasteiger partial charge in [0.05, 0.1) is 24.6 Å². The van der Waals surface area contributed by atoms with Crippen molar-refractivity contribution in [3.05, 3.63) is 161 Å². The van der Waals surface area contributed by atoms with Crippen LogP contribution in [0.5, 0.6) is 5.75 Å². The van der Waals surface area contributed by atoms with E-state index < -0.39 is 38.0 Å². The number of nitrogens with one attached hydrogen (secondary N) is 4. The molecular formula is C68H74Cl2N7O12P. The second kappa shape index (κ2) is 30.1. The number of carbonyl (C=O) groups excluding carboxylic acids is 6. The number of primary amides is 1. The Morgan fingerprint density at radius 1 is 0.633 bits per heavy atom. The molecule has 0 spiro atoms. The number of halogens is 2. The Morgan fingerprint density at radius 3 is 1.76 bits per heavy atom. The van der Waals surface area contributed by atoms with Gasteiger partial charge in [-0.3, -0.25) is 28.7 Å². The zero-order valence-corrected chi connectivity index (χ0v) is 52.7. The summed E-state index contributed by atoms with van der Waals surface area (Å²) in [7, 11) is -4.07. The molecule has 0 bridgehead atoms. The highest BCUT2D eigenvalue weighted by Crippen LogP contribution is 2.54.